The van der Waals surface area contributed by atoms with Crippen molar-refractivity contribution >= 4 is 27.5 Å². The van der Waals surface area contributed by atoms with Crippen molar-refractivity contribution in [2.75, 3.05) is 13.1 Å². The molecule has 2 aromatic rings. The Bertz CT molecular complexity index is 930. The number of nitrogens with one attached hydrogen (secondary N) is 1. The zero-order chi connectivity index (χ0) is 20.3. The summed E-state index contributed by atoms with van der Waals surface area (Å²) in [5, 5.41) is 7.28. The van der Waals surface area contributed by atoms with Gasteiger partial charge in [0.2, 0.25) is 15.9 Å². The number of hydrogen-bond donors (Lipinski definition) is 1. The number of carbonyl (C=O) groups excluding carboxylic acids is 1. The Kier molecular flexibility index (Phi) is 6.42. The van der Waals surface area contributed by atoms with Crippen molar-refractivity contribution in [3.8, 4) is 0 Å². The summed E-state index contributed by atoms with van der Waals surface area (Å²) in [6, 6.07) is 7.36. The molecule has 1 N–H and O–H groups in total. The molecule has 3 rings (SSSR count). The Balaban J connectivity index is 1.50. The van der Waals surface area contributed by atoms with Crippen LogP contribution in [0.4, 0.5) is 0 Å². The molecule has 0 aliphatic carbocycles. The summed E-state index contributed by atoms with van der Waals surface area (Å²) >= 11 is 5.95. The summed E-state index contributed by atoms with van der Waals surface area (Å²) in [6.07, 6.45) is 1.68. The van der Waals surface area contributed by atoms with Gasteiger partial charge in [0.05, 0.1) is 0 Å². The maximum absolute atomic E-state index is 12.8. The lowest BCUT2D eigenvalue weighted by Gasteiger charge is -2.30. The number of amides is 1. The first-order chi connectivity index (χ1) is 13.3. The van der Waals surface area contributed by atoms with E-state index in [2.05, 4.69) is 10.5 Å². The highest BCUT2D eigenvalue weighted by Crippen LogP contribution is 2.28. The van der Waals surface area contributed by atoms with Crippen molar-refractivity contribution in [3.05, 3.63) is 46.3 Å². The summed E-state index contributed by atoms with van der Waals surface area (Å²) < 4.78 is 32.1. The Hall–Kier alpha value is -1.90. The van der Waals surface area contributed by atoms with Gasteiger partial charge in [-0.15, -0.1) is 0 Å². The molecular formula is C19H24ClN3O4S. The van der Waals surface area contributed by atoms with Crippen molar-refractivity contribution < 1.29 is 17.7 Å². The minimum absolute atomic E-state index is 0.0352. The van der Waals surface area contributed by atoms with Gasteiger partial charge in [0, 0.05) is 31.1 Å². The lowest BCUT2D eigenvalue weighted by molar-refractivity contribution is -0.122. The molecule has 0 atom stereocenters. The van der Waals surface area contributed by atoms with Crippen molar-refractivity contribution in [2.24, 2.45) is 5.92 Å². The van der Waals surface area contributed by atoms with Crippen LogP contribution in [0.2, 0.25) is 5.02 Å². The van der Waals surface area contributed by atoms with Gasteiger partial charge in [-0.25, -0.2) is 8.42 Å². The fourth-order valence-electron chi connectivity index (χ4n) is 3.51. The summed E-state index contributed by atoms with van der Waals surface area (Å²) in [5.74, 6) is 0.433. The Morgan fingerprint density at radius 1 is 1.32 bits per heavy atom. The molecule has 1 aliphatic rings. The molecule has 0 spiro atoms. The number of nitrogens with zero attached hydrogens (tertiary/aromatic N) is 2. The molecule has 2 heterocycles. The molecule has 1 aromatic carbocycles. The van der Waals surface area contributed by atoms with E-state index >= 15 is 0 Å². The minimum Gasteiger partial charge on any atom is -0.360 e. The molecule has 0 bridgehead atoms. The second-order valence-electron chi connectivity index (χ2n) is 7.11. The Labute approximate surface area is 170 Å². The van der Waals surface area contributed by atoms with Crippen molar-refractivity contribution in [3.63, 3.8) is 0 Å². The van der Waals surface area contributed by atoms with Crippen LogP contribution in [0.5, 0.6) is 0 Å². The van der Waals surface area contributed by atoms with E-state index in [1.165, 1.54) is 4.31 Å². The first kappa shape index (κ1) is 20.8. The van der Waals surface area contributed by atoms with Gasteiger partial charge in [0.1, 0.15) is 10.6 Å². The third-order valence-electron chi connectivity index (χ3n) is 4.99. The largest absolute Gasteiger partial charge is 0.360 e. The fraction of sp³-hybridized carbons (Fsp3) is 0.474. The van der Waals surface area contributed by atoms with Gasteiger partial charge in [0.15, 0.2) is 5.76 Å². The molecule has 1 aromatic heterocycles. The molecule has 0 saturated carbocycles. The van der Waals surface area contributed by atoms with Crippen LogP contribution in [-0.4, -0.2) is 36.9 Å². The number of rotatable bonds is 6. The highest BCUT2D eigenvalue weighted by molar-refractivity contribution is 7.89. The summed E-state index contributed by atoms with van der Waals surface area (Å²) in [4.78, 5) is 12.4. The maximum Gasteiger partial charge on any atom is 0.248 e. The number of aromatic nitrogens is 1. The molecule has 1 aliphatic heterocycles. The fourth-order valence-corrected chi connectivity index (χ4v) is 5.48. The summed E-state index contributed by atoms with van der Waals surface area (Å²) in [6.45, 7) is 4.43. The van der Waals surface area contributed by atoms with Gasteiger partial charge in [0.25, 0.3) is 0 Å². The number of halogens is 1. The Morgan fingerprint density at radius 2 is 2.04 bits per heavy atom. The van der Waals surface area contributed by atoms with E-state index in [9.17, 15) is 13.2 Å². The predicted molar refractivity (Wildman–Crippen MR) is 105 cm³/mol. The van der Waals surface area contributed by atoms with E-state index in [0.29, 0.717) is 55.4 Å². The van der Waals surface area contributed by atoms with Gasteiger partial charge in [-0.2, -0.15) is 4.31 Å². The SMILES string of the molecule is Cc1noc(C)c1S(=O)(=O)N1CCC(CC(=O)NCc2cccc(Cl)c2)CC1. The van der Waals surface area contributed by atoms with E-state index < -0.39 is 10.0 Å². The molecule has 1 amide bonds. The van der Waals surface area contributed by atoms with E-state index in [0.717, 1.165) is 5.56 Å². The number of aryl methyl sites for hydroxylation is 2. The molecule has 152 valence electrons. The highest BCUT2D eigenvalue weighted by atomic mass is 35.5. The molecule has 28 heavy (non-hydrogen) atoms. The van der Waals surface area contributed by atoms with Crippen LogP contribution in [0.1, 0.15) is 36.3 Å². The lowest BCUT2D eigenvalue weighted by Crippen LogP contribution is -2.39. The van der Waals surface area contributed by atoms with Crippen molar-refractivity contribution in [2.45, 2.75) is 44.6 Å². The van der Waals surface area contributed by atoms with Crippen LogP contribution < -0.4 is 5.32 Å². The molecule has 1 saturated heterocycles. The number of piperidine rings is 1. The van der Waals surface area contributed by atoms with Crippen molar-refractivity contribution in [1.29, 1.82) is 0 Å². The summed E-state index contributed by atoms with van der Waals surface area (Å²) in [5.41, 5.74) is 1.32. The van der Waals surface area contributed by atoms with E-state index in [4.69, 9.17) is 16.1 Å². The third kappa shape index (κ3) is 4.74. The zero-order valence-electron chi connectivity index (χ0n) is 15.9. The summed E-state index contributed by atoms with van der Waals surface area (Å²) in [7, 11) is -3.62. The monoisotopic (exact) mass is 425 g/mol. The number of benzene rings is 1. The second kappa shape index (κ2) is 8.63. The quantitative estimate of drug-likeness (QED) is 0.767. The molecule has 9 heteroatoms. The lowest BCUT2D eigenvalue weighted by atomic mass is 9.94. The second-order valence-corrected chi connectivity index (χ2v) is 9.42. The minimum atomic E-state index is -3.62. The molecule has 1 fully saturated rings. The van der Waals surface area contributed by atoms with Crippen LogP contribution in [0.25, 0.3) is 0 Å². The standard InChI is InChI=1S/C19H24ClN3O4S/c1-13-19(14(2)27-22-13)28(25,26)23-8-6-15(7-9-23)11-18(24)21-12-16-4-3-5-17(20)10-16/h3-5,10,15H,6-9,11-12H2,1-2H3,(H,21,24). The van der Waals surface area contributed by atoms with Gasteiger partial charge in [-0.3, -0.25) is 4.79 Å². The number of sulfonamides is 1. The Morgan fingerprint density at radius 3 is 2.64 bits per heavy atom. The van der Waals surface area contributed by atoms with Crippen LogP contribution in [0.3, 0.4) is 0 Å². The normalized spacial score (nSPS) is 16.2. The number of carbonyl (C=O) groups is 1. The maximum atomic E-state index is 12.8. The molecule has 0 radical (unpaired) electrons. The average Bonchev–Trinajstić information content (AvgIpc) is 2.99. The third-order valence-corrected chi connectivity index (χ3v) is 7.37. The predicted octanol–water partition coefficient (Wildman–Crippen LogP) is 3.05. The van der Waals surface area contributed by atoms with Gasteiger partial charge in [-0.05, 0) is 50.3 Å². The van der Waals surface area contributed by atoms with Crippen LogP contribution >= 0.6 is 11.6 Å². The smallest absolute Gasteiger partial charge is 0.248 e. The topological polar surface area (TPSA) is 92.5 Å². The highest BCUT2D eigenvalue weighted by Gasteiger charge is 2.34. The van der Waals surface area contributed by atoms with Crippen LogP contribution in [0, 0.1) is 19.8 Å². The molecule has 7 nitrogen and oxygen atoms in total. The molecular weight excluding hydrogens is 402 g/mol. The molecule has 0 unspecified atom stereocenters. The van der Waals surface area contributed by atoms with Crippen LogP contribution in [0.15, 0.2) is 33.7 Å². The van der Waals surface area contributed by atoms with E-state index in [1.807, 2.05) is 18.2 Å². The van der Waals surface area contributed by atoms with Gasteiger partial charge in [-0.1, -0.05) is 28.9 Å². The van der Waals surface area contributed by atoms with E-state index in [1.54, 1.807) is 19.9 Å². The first-order valence-electron chi connectivity index (χ1n) is 9.21. The van der Waals surface area contributed by atoms with Gasteiger partial charge >= 0.3 is 0 Å². The number of hydrogen-bond acceptors (Lipinski definition) is 5. The average molecular weight is 426 g/mol. The van der Waals surface area contributed by atoms with Gasteiger partial charge < -0.3 is 9.84 Å². The first-order valence-corrected chi connectivity index (χ1v) is 11.0. The zero-order valence-corrected chi connectivity index (χ0v) is 17.5. The van der Waals surface area contributed by atoms with Crippen molar-refractivity contribution in [1.82, 2.24) is 14.8 Å². The van der Waals surface area contributed by atoms with E-state index in [-0.39, 0.29) is 16.7 Å². The van der Waals surface area contributed by atoms with Crippen LogP contribution in [-0.2, 0) is 21.4 Å².